The van der Waals surface area contributed by atoms with Crippen molar-refractivity contribution >= 4 is 0 Å². The summed E-state index contributed by atoms with van der Waals surface area (Å²) in [5.41, 5.74) is 4.43. The first-order chi connectivity index (χ1) is 9.28. The van der Waals surface area contributed by atoms with Gasteiger partial charge in [-0.25, -0.2) is 0 Å². The number of aryl methyl sites for hydroxylation is 1. The lowest BCUT2D eigenvalue weighted by Crippen LogP contribution is -2.50. The van der Waals surface area contributed by atoms with Crippen LogP contribution in [0.15, 0.2) is 18.2 Å². The molecule has 0 saturated carbocycles. The van der Waals surface area contributed by atoms with Crippen molar-refractivity contribution in [3.63, 3.8) is 0 Å². The van der Waals surface area contributed by atoms with E-state index in [1.807, 2.05) is 0 Å². The Labute approximate surface area is 116 Å². The van der Waals surface area contributed by atoms with Crippen molar-refractivity contribution in [3.8, 4) is 0 Å². The first-order valence-corrected chi connectivity index (χ1v) is 7.54. The molecule has 0 aromatic heterocycles. The van der Waals surface area contributed by atoms with Crippen LogP contribution in [-0.2, 0) is 6.54 Å². The van der Waals surface area contributed by atoms with E-state index >= 15 is 0 Å². The van der Waals surface area contributed by atoms with Crippen molar-refractivity contribution in [3.05, 3.63) is 34.9 Å². The van der Waals surface area contributed by atoms with Crippen LogP contribution in [0.25, 0.3) is 0 Å². The van der Waals surface area contributed by atoms with Gasteiger partial charge in [0, 0.05) is 45.3 Å². The number of rotatable bonds is 2. The van der Waals surface area contributed by atoms with Gasteiger partial charge < -0.3 is 10.2 Å². The van der Waals surface area contributed by atoms with Crippen molar-refractivity contribution in [1.82, 2.24) is 15.1 Å². The summed E-state index contributed by atoms with van der Waals surface area (Å²) in [4.78, 5) is 5.21. The van der Waals surface area contributed by atoms with Gasteiger partial charge in [-0.3, -0.25) is 4.90 Å². The van der Waals surface area contributed by atoms with Gasteiger partial charge in [0.25, 0.3) is 0 Å². The molecule has 0 aliphatic carbocycles. The molecule has 2 aliphatic rings. The van der Waals surface area contributed by atoms with E-state index in [9.17, 15) is 0 Å². The molecule has 19 heavy (non-hydrogen) atoms. The molecule has 1 atom stereocenters. The first-order valence-electron chi connectivity index (χ1n) is 7.54. The molecular formula is C16H25N3. The summed E-state index contributed by atoms with van der Waals surface area (Å²) in [5, 5.41) is 3.58. The van der Waals surface area contributed by atoms with Gasteiger partial charge in [0.2, 0.25) is 0 Å². The molecule has 2 heterocycles. The van der Waals surface area contributed by atoms with Crippen molar-refractivity contribution in [2.75, 3.05) is 39.3 Å². The molecule has 1 aromatic rings. The van der Waals surface area contributed by atoms with Crippen LogP contribution in [0.3, 0.4) is 0 Å². The number of fused-ring (bicyclic) bond motifs is 1. The summed E-state index contributed by atoms with van der Waals surface area (Å²) in [5.74, 6) is 0. The molecule has 1 saturated heterocycles. The highest BCUT2D eigenvalue weighted by Gasteiger charge is 2.28. The molecule has 0 spiro atoms. The molecule has 0 radical (unpaired) electrons. The number of piperazine rings is 1. The Kier molecular flexibility index (Phi) is 3.87. The average Bonchev–Trinajstić information content (AvgIpc) is 2.47. The normalized spacial score (nSPS) is 25.3. The largest absolute Gasteiger partial charge is 0.311 e. The number of hydrogen-bond donors (Lipinski definition) is 1. The molecule has 3 rings (SSSR count). The Hall–Kier alpha value is -0.900. The maximum absolute atomic E-state index is 3.58. The van der Waals surface area contributed by atoms with Gasteiger partial charge in [-0.1, -0.05) is 30.7 Å². The number of benzene rings is 1. The first kappa shape index (κ1) is 13.1. The van der Waals surface area contributed by atoms with Crippen LogP contribution >= 0.6 is 0 Å². The van der Waals surface area contributed by atoms with Crippen molar-refractivity contribution in [2.24, 2.45) is 0 Å². The monoisotopic (exact) mass is 259 g/mol. The van der Waals surface area contributed by atoms with Gasteiger partial charge in [-0.2, -0.15) is 0 Å². The molecule has 104 valence electrons. The molecule has 0 amide bonds. The quantitative estimate of drug-likeness (QED) is 0.873. The third kappa shape index (κ3) is 2.69. The average molecular weight is 259 g/mol. The maximum Gasteiger partial charge on any atom is 0.0477 e. The summed E-state index contributed by atoms with van der Waals surface area (Å²) in [6.07, 6.45) is 0. The molecule has 0 bridgehead atoms. The van der Waals surface area contributed by atoms with Crippen LogP contribution in [0.1, 0.15) is 29.7 Å². The van der Waals surface area contributed by atoms with Crippen LogP contribution in [0, 0.1) is 6.92 Å². The molecule has 1 fully saturated rings. The molecule has 3 heteroatoms. The van der Waals surface area contributed by atoms with Gasteiger partial charge in [-0.15, -0.1) is 0 Å². The van der Waals surface area contributed by atoms with Crippen LogP contribution < -0.4 is 5.32 Å². The molecule has 3 nitrogen and oxygen atoms in total. The summed E-state index contributed by atoms with van der Waals surface area (Å²) < 4.78 is 0. The zero-order valence-electron chi connectivity index (χ0n) is 12.2. The minimum absolute atomic E-state index is 0.572. The summed E-state index contributed by atoms with van der Waals surface area (Å²) in [7, 11) is 0. The Morgan fingerprint density at radius 2 is 2.00 bits per heavy atom. The lowest BCUT2D eigenvalue weighted by Gasteiger charge is -2.41. The lowest BCUT2D eigenvalue weighted by atomic mass is 9.93. The van der Waals surface area contributed by atoms with Crippen LogP contribution in [0.4, 0.5) is 0 Å². The Morgan fingerprint density at radius 1 is 1.21 bits per heavy atom. The van der Waals surface area contributed by atoms with Gasteiger partial charge in [0.15, 0.2) is 0 Å². The predicted octanol–water partition coefficient (Wildman–Crippen LogP) is 1.78. The summed E-state index contributed by atoms with van der Waals surface area (Å²) in [6, 6.07) is 7.50. The predicted molar refractivity (Wildman–Crippen MR) is 79.3 cm³/mol. The van der Waals surface area contributed by atoms with Gasteiger partial charge in [0.1, 0.15) is 0 Å². The number of likely N-dealkylation sites (N-methyl/N-ethyl adjacent to an activating group) is 1. The summed E-state index contributed by atoms with van der Waals surface area (Å²) in [6.45, 7) is 12.6. The number of nitrogens with zero attached hydrogens (tertiary/aromatic N) is 2. The van der Waals surface area contributed by atoms with E-state index in [2.05, 4.69) is 47.2 Å². The molecule has 1 aromatic carbocycles. The second-order valence-corrected chi connectivity index (χ2v) is 5.82. The third-order valence-corrected chi connectivity index (χ3v) is 4.61. The minimum Gasteiger partial charge on any atom is -0.311 e. The maximum atomic E-state index is 3.58. The zero-order chi connectivity index (χ0) is 13.2. The summed E-state index contributed by atoms with van der Waals surface area (Å²) >= 11 is 0. The Balaban J connectivity index is 1.78. The second kappa shape index (κ2) is 5.61. The van der Waals surface area contributed by atoms with E-state index in [1.165, 1.54) is 43.9 Å². The minimum atomic E-state index is 0.572. The smallest absolute Gasteiger partial charge is 0.0477 e. The third-order valence-electron chi connectivity index (χ3n) is 4.61. The SMILES string of the molecule is CCN1CCN([C@@H]2CNCc3ccc(C)cc32)CC1. The fraction of sp³-hybridized carbons (Fsp3) is 0.625. The van der Waals surface area contributed by atoms with E-state index in [0.29, 0.717) is 6.04 Å². The topological polar surface area (TPSA) is 18.5 Å². The molecule has 2 aliphatic heterocycles. The second-order valence-electron chi connectivity index (χ2n) is 5.82. The van der Waals surface area contributed by atoms with Crippen LogP contribution in [0.2, 0.25) is 0 Å². The van der Waals surface area contributed by atoms with Gasteiger partial charge in [-0.05, 0) is 24.6 Å². The van der Waals surface area contributed by atoms with Crippen molar-refractivity contribution < 1.29 is 0 Å². The molecule has 1 N–H and O–H groups in total. The van der Waals surface area contributed by atoms with Crippen molar-refractivity contribution in [2.45, 2.75) is 26.4 Å². The standard InChI is InChI=1S/C16H25N3/c1-3-18-6-8-19(9-7-18)16-12-17-11-14-5-4-13(2)10-15(14)16/h4-5,10,16-17H,3,6-9,11-12H2,1-2H3/t16-/m1/s1. The lowest BCUT2D eigenvalue weighted by molar-refractivity contribution is 0.0949. The van der Waals surface area contributed by atoms with Crippen LogP contribution in [-0.4, -0.2) is 49.1 Å². The highest BCUT2D eigenvalue weighted by atomic mass is 15.3. The highest BCUT2D eigenvalue weighted by molar-refractivity contribution is 5.36. The highest BCUT2D eigenvalue weighted by Crippen LogP contribution is 2.28. The molecule has 0 unspecified atom stereocenters. The zero-order valence-corrected chi connectivity index (χ0v) is 12.2. The number of nitrogens with one attached hydrogen (secondary N) is 1. The molecular weight excluding hydrogens is 234 g/mol. The van der Waals surface area contributed by atoms with E-state index in [1.54, 1.807) is 5.56 Å². The van der Waals surface area contributed by atoms with E-state index in [0.717, 1.165) is 13.1 Å². The van der Waals surface area contributed by atoms with E-state index in [4.69, 9.17) is 0 Å². The Bertz CT molecular complexity index is 436. The fourth-order valence-corrected chi connectivity index (χ4v) is 3.36. The van der Waals surface area contributed by atoms with Gasteiger partial charge in [0.05, 0.1) is 0 Å². The van der Waals surface area contributed by atoms with Crippen LogP contribution in [0.5, 0.6) is 0 Å². The number of hydrogen-bond acceptors (Lipinski definition) is 3. The van der Waals surface area contributed by atoms with Gasteiger partial charge >= 0.3 is 0 Å². The van der Waals surface area contributed by atoms with Crippen molar-refractivity contribution in [1.29, 1.82) is 0 Å². The van der Waals surface area contributed by atoms with E-state index in [-0.39, 0.29) is 0 Å². The van der Waals surface area contributed by atoms with E-state index < -0.39 is 0 Å². The fourth-order valence-electron chi connectivity index (χ4n) is 3.36. The Morgan fingerprint density at radius 3 is 2.74 bits per heavy atom.